The Hall–Kier alpha value is -1.62. The van der Waals surface area contributed by atoms with Gasteiger partial charge in [0.25, 0.3) is 0 Å². The Kier molecular flexibility index (Phi) is 4.10. The van der Waals surface area contributed by atoms with Crippen LogP contribution in [0.5, 0.6) is 0 Å². The average molecular weight is 347 g/mol. The van der Waals surface area contributed by atoms with Gasteiger partial charge in [0.05, 0.1) is 4.47 Å². The molecular formula is C16H19BrN4. The molecule has 2 aromatic rings. The first kappa shape index (κ1) is 14.3. The third-order valence-corrected chi connectivity index (χ3v) is 4.70. The van der Waals surface area contributed by atoms with Crippen LogP contribution in [-0.4, -0.2) is 36.1 Å². The van der Waals surface area contributed by atoms with Crippen LogP contribution in [0.3, 0.4) is 0 Å². The van der Waals surface area contributed by atoms with Crippen molar-refractivity contribution in [1.29, 1.82) is 0 Å². The van der Waals surface area contributed by atoms with Crippen LogP contribution >= 0.6 is 15.9 Å². The number of rotatable bonds is 2. The topological polar surface area (TPSA) is 32.3 Å². The number of piperazine rings is 1. The van der Waals surface area contributed by atoms with Crippen molar-refractivity contribution in [2.45, 2.75) is 13.8 Å². The second-order valence-corrected chi connectivity index (χ2v) is 6.24. The Morgan fingerprint density at radius 3 is 2.48 bits per heavy atom. The fraction of sp³-hybridized carbons (Fsp3) is 0.375. The van der Waals surface area contributed by atoms with E-state index in [-0.39, 0.29) is 0 Å². The van der Waals surface area contributed by atoms with Gasteiger partial charge in [-0.2, -0.15) is 0 Å². The summed E-state index contributed by atoms with van der Waals surface area (Å²) in [6, 6.07) is 6.54. The fourth-order valence-corrected chi connectivity index (χ4v) is 3.25. The number of anilines is 2. The molecule has 1 fully saturated rings. The summed E-state index contributed by atoms with van der Waals surface area (Å²) in [5.41, 5.74) is 4.10. The molecule has 1 aliphatic rings. The van der Waals surface area contributed by atoms with E-state index in [4.69, 9.17) is 0 Å². The molecular weight excluding hydrogens is 328 g/mol. The van der Waals surface area contributed by atoms with E-state index in [1.54, 1.807) is 12.5 Å². The van der Waals surface area contributed by atoms with Crippen LogP contribution in [0.4, 0.5) is 11.5 Å². The van der Waals surface area contributed by atoms with Crippen LogP contribution < -0.4 is 9.80 Å². The van der Waals surface area contributed by atoms with Crippen LogP contribution in [0, 0.1) is 13.8 Å². The van der Waals surface area contributed by atoms with Gasteiger partial charge in [-0.1, -0.05) is 12.1 Å². The van der Waals surface area contributed by atoms with Gasteiger partial charge in [0.1, 0.15) is 12.1 Å². The van der Waals surface area contributed by atoms with Gasteiger partial charge in [0.2, 0.25) is 0 Å². The lowest BCUT2D eigenvalue weighted by Gasteiger charge is -2.37. The lowest BCUT2D eigenvalue weighted by atomic mass is 10.1. The smallest absolute Gasteiger partial charge is 0.146 e. The molecule has 5 heteroatoms. The van der Waals surface area contributed by atoms with Crippen molar-refractivity contribution >= 4 is 27.4 Å². The molecule has 3 rings (SSSR count). The lowest BCUT2D eigenvalue weighted by molar-refractivity contribution is 0.644. The van der Waals surface area contributed by atoms with Crippen molar-refractivity contribution < 1.29 is 0 Å². The van der Waals surface area contributed by atoms with E-state index < -0.39 is 0 Å². The van der Waals surface area contributed by atoms with Gasteiger partial charge in [-0.3, -0.25) is 0 Å². The van der Waals surface area contributed by atoms with Crippen LogP contribution in [0.1, 0.15) is 11.1 Å². The number of aromatic nitrogens is 2. The summed E-state index contributed by atoms with van der Waals surface area (Å²) in [4.78, 5) is 13.2. The highest BCUT2D eigenvalue weighted by molar-refractivity contribution is 9.10. The number of halogens is 1. The zero-order valence-electron chi connectivity index (χ0n) is 12.4. The first-order chi connectivity index (χ1) is 10.2. The molecule has 0 bridgehead atoms. The minimum atomic E-state index is 0.963. The largest absolute Gasteiger partial charge is 0.368 e. The number of benzene rings is 1. The van der Waals surface area contributed by atoms with Crippen molar-refractivity contribution in [2.75, 3.05) is 36.0 Å². The summed E-state index contributed by atoms with van der Waals surface area (Å²) in [6.07, 6.45) is 3.41. The van der Waals surface area contributed by atoms with Gasteiger partial charge in [0.15, 0.2) is 0 Å². The van der Waals surface area contributed by atoms with Gasteiger partial charge < -0.3 is 9.80 Å². The van der Waals surface area contributed by atoms with Crippen molar-refractivity contribution in [2.24, 2.45) is 0 Å². The highest BCUT2D eigenvalue weighted by Gasteiger charge is 2.21. The summed E-state index contributed by atoms with van der Waals surface area (Å²) in [5, 5.41) is 0. The molecule has 0 radical (unpaired) electrons. The minimum absolute atomic E-state index is 0.963. The van der Waals surface area contributed by atoms with E-state index >= 15 is 0 Å². The maximum absolute atomic E-state index is 4.38. The third kappa shape index (κ3) is 2.88. The third-order valence-electron chi connectivity index (χ3n) is 4.14. The molecule has 0 amide bonds. The summed E-state index contributed by atoms with van der Waals surface area (Å²) >= 11 is 3.53. The molecule has 0 aliphatic carbocycles. The maximum Gasteiger partial charge on any atom is 0.146 e. The van der Waals surface area contributed by atoms with Crippen LogP contribution in [0.25, 0.3) is 0 Å². The highest BCUT2D eigenvalue weighted by Crippen LogP contribution is 2.27. The van der Waals surface area contributed by atoms with Crippen LogP contribution in [0.2, 0.25) is 0 Å². The molecule has 0 atom stereocenters. The zero-order chi connectivity index (χ0) is 14.8. The van der Waals surface area contributed by atoms with E-state index in [1.165, 1.54) is 16.8 Å². The Labute approximate surface area is 133 Å². The van der Waals surface area contributed by atoms with E-state index in [0.29, 0.717) is 0 Å². The van der Waals surface area contributed by atoms with Crippen molar-refractivity contribution in [3.05, 3.63) is 46.3 Å². The Bertz CT molecular complexity index is 636. The predicted molar refractivity (Wildman–Crippen MR) is 90.1 cm³/mol. The molecule has 1 aliphatic heterocycles. The fourth-order valence-electron chi connectivity index (χ4n) is 2.78. The summed E-state index contributed by atoms with van der Waals surface area (Å²) in [5.74, 6) is 0.991. The Balaban J connectivity index is 1.74. The van der Waals surface area contributed by atoms with Crippen LogP contribution in [0.15, 0.2) is 35.2 Å². The molecule has 0 N–H and O–H groups in total. The molecule has 1 aromatic carbocycles. The monoisotopic (exact) mass is 346 g/mol. The normalized spacial score (nSPS) is 15.4. The zero-order valence-corrected chi connectivity index (χ0v) is 14.0. The SMILES string of the molecule is Cc1cccc(N2CCN(c3ncncc3Br)CC2)c1C. The summed E-state index contributed by atoms with van der Waals surface area (Å²) < 4.78 is 0.963. The van der Waals surface area contributed by atoms with E-state index in [1.807, 2.05) is 0 Å². The average Bonchev–Trinajstić information content (AvgIpc) is 2.51. The van der Waals surface area contributed by atoms with Gasteiger partial charge in [-0.05, 0) is 47.0 Å². The number of hydrogen-bond donors (Lipinski definition) is 0. The Morgan fingerprint density at radius 1 is 1.05 bits per heavy atom. The first-order valence-corrected chi connectivity index (χ1v) is 7.98. The maximum atomic E-state index is 4.38. The number of nitrogens with zero attached hydrogens (tertiary/aromatic N) is 4. The standard InChI is InChI=1S/C16H19BrN4/c1-12-4-3-5-15(13(12)2)20-6-8-21(9-7-20)16-14(17)10-18-11-19-16/h3-5,10-11H,6-9H2,1-2H3. The number of aryl methyl sites for hydroxylation is 1. The summed E-state index contributed by atoms with van der Waals surface area (Å²) in [6.45, 7) is 8.36. The van der Waals surface area contributed by atoms with E-state index in [9.17, 15) is 0 Å². The Morgan fingerprint density at radius 2 is 1.76 bits per heavy atom. The van der Waals surface area contributed by atoms with E-state index in [0.717, 1.165) is 36.5 Å². The van der Waals surface area contributed by atoms with Gasteiger partial charge in [-0.15, -0.1) is 0 Å². The highest BCUT2D eigenvalue weighted by atomic mass is 79.9. The van der Waals surface area contributed by atoms with Crippen LogP contribution in [-0.2, 0) is 0 Å². The lowest BCUT2D eigenvalue weighted by Crippen LogP contribution is -2.47. The molecule has 2 heterocycles. The molecule has 0 saturated carbocycles. The van der Waals surface area contributed by atoms with Crippen molar-refractivity contribution in [3.8, 4) is 0 Å². The molecule has 21 heavy (non-hydrogen) atoms. The number of hydrogen-bond acceptors (Lipinski definition) is 4. The molecule has 110 valence electrons. The van der Waals surface area contributed by atoms with Gasteiger partial charge in [0, 0.05) is 38.1 Å². The van der Waals surface area contributed by atoms with Gasteiger partial charge >= 0.3 is 0 Å². The molecule has 0 spiro atoms. The second kappa shape index (κ2) is 6.02. The molecule has 4 nitrogen and oxygen atoms in total. The predicted octanol–water partition coefficient (Wildman–Crippen LogP) is 3.18. The van der Waals surface area contributed by atoms with Crippen molar-refractivity contribution in [3.63, 3.8) is 0 Å². The molecule has 1 aromatic heterocycles. The quantitative estimate of drug-likeness (QED) is 0.835. The molecule has 1 saturated heterocycles. The molecule has 0 unspecified atom stereocenters. The van der Waals surface area contributed by atoms with Gasteiger partial charge in [-0.25, -0.2) is 9.97 Å². The first-order valence-electron chi connectivity index (χ1n) is 7.18. The van der Waals surface area contributed by atoms with Crippen molar-refractivity contribution in [1.82, 2.24) is 9.97 Å². The second-order valence-electron chi connectivity index (χ2n) is 5.39. The minimum Gasteiger partial charge on any atom is -0.368 e. The van der Waals surface area contributed by atoms with E-state index in [2.05, 4.69) is 67.7 Å². The summed E-state index contributed by atoms with van der Waals surface area (Å²) in [7, 11) is 0.